The molecule has 1 aromatic heterocycles. The highest BCUT2D eigenvalue weighted by Crippen LogP contribution is 2.25. The van der Waals surface area contributed by atoms with E-state index in [-0.39, 0.29) is 30.0 Å². The maximum absolute atomic E-state index is 6.03. The van der Waals surface area contributed by atoms with Crippen LogP contribution >= 0.6 is 24.0 Å². The van der Waals surface area contributed by atoms with E-state index in [1.807, 2.05) is 42.5 Å². The summed E-state index contributed by atoms with van der Waals surface area (Å²) in [5.41, 5.74) is 6.97. The lowest BCUT2D eigenvalue weighted by Crippen LogP contribution is -2.36. The number of anilines is 1. The minimum atomic E-state index is 0. The first-order valence-corrected chi connectivity index (χ1v) is 8.22. The van der Waals surface area contributed by atoms with E-state index < -0.39 is 0 Å². The molecule has 3 N–H and O–H groups in total. The van der Waals surface area contributed by atoms with Crippen LogP contribution in [-0.2, 0) is 0 Å². The third-order valence-electron chi connectivity index (χ3n) is 4.18. The average molecular weight is 440 g/mol. The molecular weight excluding hydrogens is 415 g/mol. The number of likely N-dealkylation sites (tertiary alicyclic amines) is 1. The Kier molecular flexibility index (Phi) is 7.58. The van der Waals surface area contributed by atoms with Crippen LogP contribution in [0, 0.1) is 0 Å². The van der Waals surface area contributed by atoms with E-state index in [0.717, 1.165) is 24.5 Å². The van der Waals surface area contributed by atoms with E-state index in [1.54, 1.807) is 6.26 Å². The molecule has 1 atom stereocenters. The number of hydrogen-bond acceptors (Lipinski definition) is 3. The quantitative estimate of drug-likeness (QED) is 0.421. The number of guanidine groups is 1. The molecule has 1 aliphatic heterocycles. The smallest absolute Gasteiger partial charge is 0.193 e. The first-order valence-electron chi connectivity index (χ1n) is 8.22. The van der Waals surface area contributed by atoms with Crippen LogP contribution in [0.25, 0.3) is 0 Å². The van der Waals surface area contributed by atoms with Crippen molar-refractivity contribution in [2.75, 3.05) is 25.0 Å². The van der Waals surface area contributed by atoms with Crippen molar-refractivity contribution >= 4 is 35.6 Å². The van der Waals surface area contributed by atoms with Gasteiger partial charge in [0.2, 0.25) is 0 Å². The number of nitrogens with zero attached hydrogens (tertiary/aromatic N) is 2. The van der Waals surface area contributed by atoms with Gasteiger partial charge in [0, 0.05) is 5.69 Å². The Morgan fingerprint density at radius 1 is 1.12 bits per heavy atom. The average Bonchev–Trinajstić information content (AvgIpc) is 3.11. The third kappa shape index (κ3) is 5.24. The third-order valence-corrected chi connectivity index (χ3v) is 4.18. The fourth-order valence-corrected chi connectivity index (χ4v) is 2.99. The number of benzene rings is 1. The van der Waals surface area contributed by atoms with Crippen LogP contribution < -0.4 is 11.1 Å². The van der Waals surface area contributed by atoms with Gasteiger partial charge in [-0.25, -0.2) is 0 Å². The zero-order chi connectivity index (χ0) is 15.9. The number of piperidine rings is 1. The Labute approximate surface area is 160 Å². The number of furan rings is 1. The minimum absolute atomic E-state index is 0. The van der Waals surface area contributed by atoms with Gasteiger partial charge in [0.1, 0.15) is 5.76 Å². The summed E-state index contributed by atoms with van der Waals surface area (Å²) in [6.45, 7) is 2.78. The van der Waals surface area contributed by atoms with Crippen molar-refractivity contribution in [3.63, 3.8) is 0 Å². The summed E-state index contributed by atoms with van der Waals surface area (Å²) < 4.78 is 5.63. The van der Waals surface area contributed by atoms with E-state index in [2.05, 4.69) is 15.2 Å². The molecule has 5 nitrogen and oxygen atoms in total. The van der Waals surface area contributed by atoms with E-state index in [1.165, 1.54) is 19.3 Å². The molecule has 0 spiro atoms. The van der Waals surface area contributed by atoms with Crippen LogP contribution in [0.4, 0.5) is 5.69 Å². The minimum Gasteiger partial charge on any atom is -0.468 e. The van der Waals surface area contributed by atoms with E-state index >= 15 is 0 Å². The predicted molar refractivity (Wildman–Crippen MR) is 109 cm³/mol. The molecule has 0 radical (unpaired) electrons. The van der Waals surface area contributed by atoms with Gasteiger partial charge in [0.15, 0.2) is 5.96 Å². The maximum Gasteiger partial charge on any atom is 0.193 e. The van der Waals surface area contributed by atoms with Crippen LogP contribution in [0.1, 0.15) is 31.1 Å². The first-order chi connectivity index (χ1) is 11.3. The van der Waals surface area contributed by atoms with Crippen LogP contribution in [-0.4, -0.2) is 30.5 Å². The number of para-hydroxylation sites is 1. The van der Waals surface area contributed by atoms with Gasteiger partial charge in [-0.05, 0) is 50.2 Å². The molecule has 0 aliphatic carbocycles. The molecule has 130 valence electrons. The molecule has 3 rings (SSSR count). The summed E-state index contributed by atoms with van der Waals surface area (Å²) in [4.78, 5) is 6.98. The first kappa shape index (κ1) is 18.8. The molecule has 1 saturated heterocycles. The lowest BCUT2D eigenvalue weighted by atomic mass is 10.1. The molecule has 6 heteroatoms. The zero-order valence-corrected chi connectivity index (χ0v) is 16.1. The van der Waals surface area contributed by atoms with Crippen LogP contribution in [0.2, 0.25) is 0 Å². The summed E-state index contributed by atoms with van der Waals surface area (Å²) >= 11 is 0. The highest BCUT2D eigenvalue weighted by atomic mass is 127. The van der Waals surface area contributed by atoms with Crippen molar-refractivity contribution in [3.8, 4) is 0 Å². The Hall–Kier alpha value is -1.54. The standard InChI is InChI=1S/C18H24N4O.HI/c19-18(21-15-8-3-1-4-9-15)20-14-16(17-10-7-13-23-17)22-11-5-2-6-12-22;/h1,3-4,7-10,13,16H,2,5-6,11-12,14H2,(H3,19,20,21);1H. The summed E-state index contributed by atoms with van der Waals surface area (Å²) in [6, 6.07) is 14.0. The number of nitrogens with one attached hydrogen (secondary N) is 1. The highest BCUT2D eigenvalue weighted by molar-refractivity contribution is 14.0. The summed E-state index contributed by atoms with van der Waals surface area (Å²) in [7, 11) is 0. The monoisotopic (exact) mass is 440 g/mol. The van der Waals surface area contributed by atoms with Crippen molar-refractivity contribution in [1.82, 2.24) is 4.90 Å². The lowest BCUT2D eigenvalue weighted by molar-refractivity contribution is 0.150. The predicted octanol–water partition coefficient (Wildman–Crippen LogP) is 3.85. The zero-order valence-electron chi connectivity index (χ0n) is 13.7. The topological polar surface area (TPSA) is 66.8 Å². The summed E-state index contributed by atoms with van der Waals surface area (Å²) in [5.74, 6) is 1.40. The van der Waals surface area contributed by atoms with Crippen molar-refractivity contribution in [2.45, 2.75) is 25.3 Å². The Bertz CT molecular complexity index is 609. The molecule has 0 bridgehead atoms. The van der Waals surface area contributed by atoms with E-state index in [0.29, 0.717) is 12.5 Å². The molecule has 1 unspecified atom stereocenters. The normalized spacial score (nSPS) is 17.1. The molecule has 1 fully saturated rings. The highest BCUT2D eigenvalue weighted by Gasteiger charge is 2.24. The maximum atomic E-state index is 6.03. The molecule has 2 aromatic rings. The van der Waals surface area contributed by atoms with E-state index in [4.69, 9.17) is 10.2 Å². The van der Waals surface area contributed by atoms with Crippen molar-refractivity contribution in [2.24, 2.45) is 10.7 Å². The summed E-state index contributed by atoms with van der Waals surface area (Å²) in [5, 5.41) is 3.12. The molecule has 1 aliphatic rings. The second-order valence-corrected chi connectivity index (χ2v) is 5.84. The Morgan fingerprint density at radius 3 is 2.54 bits per heavy atom. The van der Waals surface area contributed by atoms with Crippen LogP contribution in [0.15, 0.2) is 58.1 Å². The van der Waals surface area contributed by atoms with Gasteiger partial charge < -0.3 is 15.5 Å². The Morgan fingerprint density at radius 2 is 1.88 bits per heavy atom. The van der Waals surface area contributed by atoms with Gasteiger partial charge in [0.05, 0.1) is 18.8 Å². The van der Waals surface area contributed by atoms with Crippen molar-refractivity contribution in [1.29, 1.82) is 0 Å². The van der Waals surface area contributed by atoms with Gasteiger partial charge in [-0.1, -0.05) is 24.6 Å². The van der Waals surface area contributed by atoms with Crippen LogP contribution in [0.5, 0.6) is 0 Å². The largest absolute Gasteiger partial charge is 0.468 e. The van der Waals surface area contributed by atoms with Crippen LogP contribution in [0.3, 0.4) is 0 Å². The molecule has 24 heavy (non-hydrogen) atoms. The van der Waals surface area contributed by atoms with Gasteiger partial charge in [0.25, 0.3) is 0 Å². The number of nitrogens with two attached hydrogens (primary N) is 1. The van der Waals surface area contributed by atoms with Gasteiger partial charge in [-0.3, -0.25) is 9.89 Å². The molecular formula is C18H25IN4O. The summed E-state index contributed by atoms with van der Waals surface area (Å²) in [6.07, 6.45) is 5.50. The lowest BCUT2D eigenvalue weighted by Gasteiger charge is -2.32. The molecule has 1 aromatic carbocycles. The molecule has 0 saturated carbocycles. The number of rotatable bonds is 5. The van der Waals surface area contributed by atoms with Gasteiger partial charge in [-0.2, -0.15) is 0 Å². The molecule has 0 amide bonds. The van der Waals surface area contributed by atoms with Gasteiger partial charge >= 0.3 is 0 Å². The number of halogens is 1. The van der Waals surface area contributed by atoms with Gasteiger partial charge in [-0.15, -0.1) is 24.0 Å². The fourth-order valence-electron chi connectivity index (χ4n) is 2.99. The van der Waals surface area contributed by atoms with Crippen molar-refractivity contribution in [3.05, 3.63) is 54.5 Å². The fraction of sp³-hybridized carbons (Fsp3) is 0.389. The second-order valence-electron chi connectivity index (χ2n) is 5.84. The Balaban J connectivity index is 0.00000208. The SMILES string of the molecule is I.NC(=NCC(c1ccco1)N1CCCCC1)Nc1ccccc1. The van der Waals surface area contributed by atoms with E-state index in [9.17, 15) is 0 Å². The van der Waals surface area contributed by atoms with Crippen molar-refractivity contribution < 1.29 is 4.42 Å². The number of hydrogen-bond donors (Lipinski definition) is 2. The second kappa shape index (κ2) is 9.68. The number of aliphatic imine (C=N–C) groups is 1. The molecule has 2 heterocycles.